The van der Waals surface area contributed by atoms with Crippen molar-refractivity contribution in [3.05, 3.63) is 46.2 Å². The molecular weight excluding hydrogens is 262 g/mol. The molecule has 4 nitrogen and oxygen atoms in total. The molecule has 0 saturated carbocycles. The summed E-state index contributed by atoms with van der Waals surface area (Å²) in [5, 5.41) is 5.06. The molecule has 0 aliphatic rings. The number of aryl methyl sites for hydroxylation is 2. The maximum atomic E-state index is 6.25. The number of nitrogen functional groups attached to an aromatic ring is 1. The van der Waals surface area contributed by atoms with Crippen molar-refractivity contribution in [2.45, 2.75) is 26.6 Å². The minimum atomic E-state index is 0.451. The van der Waals surface area contributed by atoms with Gasteiger partial charge in [-0.3, -0.25) is 4.68 Å². The van der Waals surface area contributed by atoms with E-state index in [2.05, 4.69) is 5.10 Å². The molecule has 1 heterocycles. The van der Waals surface area contributed by atoms with Gasteiger partial charge in [0.15, 0.2) is 0 Å². The van der Waals surface area contributed by atoms with Gasteiger partial charge in [-0.05, 0) is 24.1 Å². The van der Waals surface area contributed by atoms with E-state index >= 15 is 0 Å². The van der Waals surface area contributed by atoms with Crippen molar-refractivity contribution < 1.29 is 4.74 Å². The van der Waals surface area contributed by atoms with Crippen LogP contribution >= 0.6 is 11.6 Å². The minimum absolute atomic E-state index is 0.451. The van der Waals surface area contributed by atoms with Crippen molar-refractivity contribution in [2.24, 2.45) is 7.05 Å². The van der Waals surface area contributed by atoms with Crippen LogP contribution in [0, 0.1) is 0 Å². The van der Waals surface area contributed by atoms with E-state index in [1.807, 2.05) is 38.2 Å². The molecule has 2 aromatic rings. The molecule has 0 radical (unpaired) electrons. The van der Waals surface area contributed by atoms with Crippen molar-refractivity contribution >= 4 is 17.3 Å². The normalized spacial score (nSPS) is 10.9. The third kappa shape index (κ3) is 3.28. The summed E-state index contributed by atoms with van der Waals surface area (Å²) >= 11 is 6.25. The third-order valence-corrected chi connectivity index (χ3v) is 3.43. The number of rotatable bonds is 5. The lowest BCUT2D eigenvalue weighted by molar-refractivity contribution is 0.102. The second-order valence-electron chi connectivity index (χ2n) is 4.42. The number of hydrogen-bond donors (Lipinski definition) is 1. The Balaban J connectivity index is 1.96. The predicted octanol–water partition coefficient (Wildman–Crippen LogP) is 2.93. The van der Waals surface area contributed by atoms with Gasteiger partial charge in [0.2, 0.25) is 0 Å². The monoisotopic (exact) mass is 279 g/mol. The molecule has 5 heteroatoms. The lowest BCUT2D eigenvalue weighted by atomic mass is 10.2. The zero-order valence-electron chi connectivity index (χ0n) is 11.2. The maximum Gasteiger partial charge on any atom is 0.0904 e. The summed E-state index contributed by atoms with van der Waals surface area (Å²) in [4.78, 5) is 0. The molecule has 2 N–H and O–H groups in total. The highest BCUT2D eigenvalue weighted by molar-refractivity contribution is 6.31. The van der Waals surface area contributed by atoms with Gasteiger partial charge in [-0.1, -0.05) is 30.7 Å². The van der Waals surface area contributed by atoms with Crippen LogP contribution in [0.5, 0.6) is 0 Å². The summed E-state index contributed by atoms with van der Waals surface area (Å²) in [6.45, 7) is 3.02. The highest BCUT2D eigenvalue weighted by Crippen LogP contribution is 2.21. The average molecular weight is 280 g/mol. The largest absolute Gasteiger partial charge is 0.399 e. The topological polar surface area (TPSA) is 53.1 Å². The Bertz CT molecular complexity index is 549. The first kappa shape index (κ1) is 13.9. The van der Waals surface area contributed by atoms with Gasteiger partial charge in [0.1, 0.15) is 0 Å². The highest BCUT2D eigenvalue weighted by atomic mass is 35.5. The molecule has 0 fully saturated rings. The molecule has 0 spiro atoms. The maximum absolute atomic E-state index is 6.25. The summed E-state index contributed by atoms with van der Waals surface area (Å²) in [5.41, 5.74) is 9.30. The SMILES string of the molecule is CCc1nn(C)c(COCc2ccc(N)cc2)c1Cl. The van der Waals surface area contributed by atoms with Crippen molar-refractivity contribution in [3.63, 3.8) is 0 Å². The molecule has 102 valence electrons. The zero-order chi connectivity index (χ0) is 13.8. The smallest absolute Gasteiger partial charge is 0.0904 e. The fourth-order valence-corrected chi connectivity index (χ4v) is 2.20. The van der Waals surface area contributed by atoms with Crippen LogP contribution in [-0.4, -0.2) is 9.78 Å². The van der Waals surface area contributed by atoms with Crippen LogP contribution in [0.25, 0.3) is 0 Å². The molecule has 0 aliphatic carbocycles. The summed E-state index contributed by atoms with van der Waals surface area (Å²) < 4.78 is 7.46. The summed E-state index contributed by atoms with van der Waals surface area (Å²) in [6, 6.07) is 7.64. The highest BCUT2D eigenvalue weighted by Gasteiger charge is 2.12. The summed E-state index contributed by atoms with van der Waals surface area (Å²) in [6.07, 6.45) is 0.824. The van der Waals surface area contributed by atoms with Gasteiger partial charge in [0, 0.05) is 12.7 Å². The van der Waals surface area contributed by atoms with Crippen molar-refractivity contribution in [1.82, 2.24) is 9.78 Å². The first-order valence-electron chi connectivity index (χ1n) is 6.24. The van der Waals surface area contributed by atoms with Crippen LogP contribution < -0.4 is 5.73 Å². The van der Waals surface area contributed by atoms with Crippen LogP contribution in [0.3, 0.4) is 0 Å². The first-order valence-corrected chi connectivity index (χ1v) is 6.62. The Kier molecular flexibility index (Phi) is 4.45. The van der Waals surface area contributed by atoms with E-state index in [-0.39, 0.29) is 0 Å². The van der Waals surface area contributed by atoms with E-state index in [1.165, 1.54) is 0 Å². The second kappa shape index (κ2) is 6.08. The van der Waals surface area contributed by atoms with Gasteiger partial charge in [-0.15, -0.1) is 0 Å². The molecule has 1 aromatic carbocycles. The summed E-state index contributed by atoms with van der Waals surface area (Å²) in [7, 11) is 1.88. The van der Waals surface area contributed by atoms with Gasteiger partial charge in [-0.25, -0.2) is 0 Å². The zero-order valence-corrected chi connectivity index (χ0v) is 11.9. The molecule has 0 atom stereocenters. The van der Waals surface area contributed by atoms with Gasteiger partial charge in [0.05, 0.1) is 29.6 Å². The number of halogens is 1. The van der Waals surface area contributed by atoms with Crippen LogP contribution in [0.2, 0.25) is 5.02 Å². The van der Waals surface area contributed by atoms with Crippen molar-refractivity contribution in [1.29, 1.82) is 0 Å². The van der Waals surface area contributed by atoms with Gasteiger partial charge >= 0.3 is 0 Å². The number of nitrogens with zero attached hydrogens (tertiary/aromatic N) is 2. The fourth-order valence-electron chi connectivity index (χ4n) is 1.86. The predicted molar refractivity (Wildman–Crippen MR) is 76.9 cm³/mol. The quantitative estimate of drug-likeness (QED) is 0.856. The lowest BCUT2D eigenvalue weighted by Crippen LogP contribution is -2.02. The molecule has 19 heavy (non-hydrogen) atoms. The standard InChI is InChI=1S/C14H18ClN3O/c1-3-12-14(15)13(18(2)17-12)9-19-8-10-4-6-11(16)7-5-10/h4-7H,3,8-9,16H2,1-2H3. The van der Waals surface area contributed by atoms with E-state index in [9.17, 15) is 0 Å². The first-order chi connectivity index (χ1) is 9.11. The molecule has 1 aromatic heterocycles. The fraction of sp³-hybridized carbons (Fsp3) is 0.357. The number of nitrogens with two attached hydrogens (primary N) is 1. The number of anilines is 1. The van der Waals surface area contributed by atoms with Crippen LogP contribution in [0.4, 0.5) is 5.69 Å². The van der Waals surface area contributed by atoms with Gasteiger partial charge in [0.25, 0.3) is 0 Å². The van der Waals surface area contributed by atoms with Gasteiger partial charge in [-0.2, -0.15) is 5.10 Å². The average Bonchev–Trinajstić information content (AvgIpc) is 2.68. The van der Waals surface area contributed by atoms with Crippen LogP contribution in [0.15, 0.2) is 24.3 Å². The Hall–Kier alpha value is -1.52. The number of aromatic nitrogens is 2. The molecule has 0 amide bonds. The number of benzene rings is 1. The van der Waals surface area contributed by atoms with E-state index in [0.29, 0.717) is 18.2 Å². The summed E-state index contributed by atoms with van der Waals surface area (Å²) in [5.74, 6) is 0. The van der Waals surface area contributed by atoms with Crippen molar-refractivity contribution in [3.8, 4) is 0 Å². The number of hydrogen-bond acceptors (Lipinski definition) is 3. The van der Waals surface area contributed by atoms with E-state index in [0.717, 1.165) is 29.1 Å². The van der Waals surface area contributed by atoms with Gasteiger partial charge < -0.3 is 10.5 Å². The second-order valence-corrected chi connectivity index (χ2v) is 4.80. The Morgan fingerprint density at radius 2 is 1.95 bits per heavy atom. The Morgan fingerprint density at radius 1 is 1.26 bits per heavy atom. The Labute approximate surface area is 118 Å². The Morgan fingerprint density at radius 3 is 2.53 bits per heavy atom. The molecule has 0 bridgehead atoms. The van der Waals surface area contributed by atoms with Crippen LogP contribution in [-0.2, 0) is 31.4 Å². The van der Waals surface area contributed by atoms with E-state index in [1.54, 1.807) is 4.68 Å². The van der Waals surface area contributed by atoms with E-state index in [4.69, 9.17) is 22.1 Å². The third-order valence-electron chi connectivity index (χ3n) is 2.99. The molecule has 0 unspecified atom stereocenters. The minimum Gasteiger partial charge on any atom is -0.399 e. The molecular formula is C14H18ClN3O. The molecule has 0 aliphatic heterocycles. The number of ether oxygens (including phenoxy) is 1. The molecule has 0 saturated heterocycles. The lowest BCUT2D eigenvalue weighted by Gasteiger charge is -2.06. The molecule has 2 rings (SSSR count). The van der Waals surface area contributed by atoms with Crippen molar-refractivity contribution in [2.75, 3.05) is 5.73 Å². The van der Waals surface area contributed by atoms with E-state index < -0.39 is 0 Å². The van der Waals surface area contributed by atoms with Crippen LogP contribution in [0.1, 0.15) is 23.9 Å².